The lowest BCUT2D eigenvalue weighted by Crippen LogP contribution is -2.43. The number of nitrogens with zero attached hydrogens (tertiary/aromatic N) is 4. The lowest BCUT2D eigenvalue weighted by atomic mass is 10.1. The summed E-state index contributed by atoms with van der Waals surface area (Å²) in [6.45, 7) is 0.541. The third-order valence-electron chi connectivity index (χ3n) is 4.63. The molecule has 3 heterocycles. The van der Waals surface area contributed by atoms with E-state index in [9.17, 15) is 9.59 Å². The van der Waals surface area contributed by atoms with Crippen molar-refractivity contribution in [3.63, 3.8) is 0 Å². The van der Waals surface area contributed by atoms with Crippen molar-refractivity contribution < 1.29 is 9.59 Å². The van der Waals surface area contributed by atoms with E-state index in [0.717, 1.165) is 22.2 Å². The quantitative estimate of drug-likeness (QED) is 0.788. The highest BCUT2D eigenvalue weighted by atomic mass is 16.2. The van der Waals surface area contributed by atoms with Gasteiger partial charge >= 0.3 is 0 Å². The number of aryl methyl sites for hydroxylation is 2. The van der Waals surface area contributed by atoms with Crippen LogP contribution in [-0.2, 0) is 23.2 Å². The summed E-state index contributed by atoms with van der Waals surface area (Å²) in [7, 11) is 3.57. The minimum absolute atomic E-state index is 0.00992. The molecule has 2 amide bonds. The second kappa shape index (κ2) is 5.77. The molecule has 3 aromatic rings. The third kappa shape index (κ3) is 2.48. The average Bonchev–Trinajstić information content (AvgIpc) is 3.19. The Kier molecular flexibility index (Phi) is 3.56. The van der Waals surface area contributed by atoms with Crippen molar-refractivity contribution >= 4 is 28.5 Å². The van der Waals surface area contributed by atoms with Gasteiger partial charge in [-0.2, -0.15) is 5.10 Å². The molecule has 0 radical (unpaired) electrons. The first kappa shape index (κ1) is 15.4. The second-order valence-corrected chi connectivity index (χ2v) is 6.18. The largest absolute Gasteiger partial charge is 0.358 e. The van der Waals surface area contributed by atoms with Crippen LogP contribution in [0.25, 0.3) is 22.2 Å². The molecule has 128 valence electrons. The SMILES string of the molecule is CNC(=O)CN1C(=O)CCn2nc(-c3cn(C)c4ccccc34)cc21. The number of benzene rings is 1. The van der Waals surface area contributed by atoms with Crippen molar-refractivity contribution in [2.24, 2.45) is 7.05 Å². The highest BCUT2D eigenvalue weighted by Gasteiger charge is 2.28. The minimum atomic E-state index is -0.199. The van der Waals surface area contributed by atoms with E-state index in [1.807, 2.05) is 31.4 Å². The summed E-state index contributed by atoms with van der Waals surface area (Å²) in [5.74, 6) is 0.415. The van der Waals surface area contributed by atoms with Gasteiger partial charge in [-0.05, 0) is 6.07 Å². The molecule has 1 aromatic carbocycles. The van der Waals surface area contributed by atoms with Crippen LogP contribution < -0.4 is 10.2 Å². The molecule has 0 spiro atoms. The number of hydrogen-bond acceptors (Lipinski definition) is 3. The van der Waals surface area contributed by atoms with Gasteiger partial charge in [0.15, 0.2) is 0 Å². The maximum absolute atomic E-state index is 12.3. The molecule has 0 fully saturated rings. The summed E-state index contributed by atoms with van der Waals surface area (Å²) in [5, 5.41) is 8.36. The van der Waals surface area contributed by atoms with Crippen molar-refractivity contribution in [3.8, 4) is 11.3 Å². The first-order valence-electron chi connectivity index (χ1n) is 8.21. The Labute approximate surface area is 144 Å². The summed E-state index contributed by atoms with van der Waals surface area (Å²) < 4.78 is 3.87. The molecule has 0 saturated carbocycles. The molecule has 0 saturated heterocycles. The minimum Gasteiger partial charge on any atom is -0.358 e. The highest BCUT2D eigenvalue weighted by Crippen LogP contribution is 2.33. The molecule has 1 aliphatic heterocycles. The summed E-state index contributed by atoms with van der Waals surface area (Å²) in [6.07, 6.45) is 2.39. The van der Waals surface area contributed by atoms with E-state index >= 15 is 0 Å². The van der Waals surface area contributed by atoms with Gasteiger partial charge in [0.1, 0.15) is 12.4 Å². The Balaban J connectivity index is 1.80. The van der Waals surface area contributed by atoms with Crippen molar-refractivity contribution in [2.45, 2.75) is 13.0 Å². The zero-order chi connectivity index (χ0) is 17.6. The summed E-state index contributed by atoms with van der Waals surface area (Å²) in [6, 6.07) is 10.0. The van der Waals surface area contributed by atoms with Crippen LogP contribution in [-0.4, -0.2) is 39.8 Å². The topological polar surface area (TPSA) is 72.2 Å². The van der Waals surface area contributed by atoms with E-state index in [4.69, 9.17) is 0 Å². The Morgan fingerprint density at radius 3 is 2.92 bits per heavy atom. The smallest absolute Gasteiger partial charge is 0.239 e. The molecule has 0 bridgehead atoms. The fourth-order valence-corrected chi connectivity index (χ4v) is 3.32. The van der Waals surface area contributed by atoms with Crippen LogP contribution in [0.5, 0.6) is 0 Å². The van der Waals surface area contributed by atoms with Crippen LogP contribution in [0, 0.1) is 0 Å². The Morgan fingerprint density at radius 1 is 1.32 bits per heavy atom. The number of hydrogen-bond donors (Lipinski definition) is 1. The van der Waals surface area contributed by atoms with Crippen molar-refractivity contribution in [3.05, 3.63) is 36.5 Å². The molecule has 1 aliphatic rings. The first-order chi connectivity index (χ1) is 12.1. The number of aromatic nitrogens is 3. The number of likely N-dealkylation sites (N-methyl/N-ethyl adjacent to an activating group) is 1. The van der Waals surface area contributed by atoms with E-state index in [1.165, 1.54) is 4.90 Å². The zero-order valence-corrected chi connectivity index (χ0v) is 14.2. The normalized spacial score (nSPS) is 14.0. The summed E-state index contributed by atoms with van der Waals surface area (Å²) in [5.41, 5.74) is 2.96. The maximum atomic E-state index is 12.3. The van der Waals surface area contributed by atoms with Gasteiger partial charge in [0, 0.05) is 49.2 Å². The third-order valence-corrected chi connectivity index (χ3v) is 4.63. The van der Waals surface area contributed by atoms with Gasteiger partial charge in [-0.3, -0.25) is 14.5 Å². The molecule has 0 atom stereocenters. The molecule has 2 aromatic heterocycles. The summed E-state index contributed by atoms with van der Waals surface area (Å²) >= 11 is 0. The van der Waals surface area contributed by atoms with Crippen LogP contribution >= 0.6 is 0 Å². The molecule has 1 N–H and O–H groups in total. The predicted molar refractivity (Wildman–Crippen MR) is 95.2 cm³/mol. The number of fused-ring (bicyclic) bond motifs is 2. The Hall–Kier alpha value is -3.09. The molecule has 4 rings (SSSR count). The molecule has 7 nitrogen and oxygen atoms in total. The molecule has 0 unspecified atom stereocenters. The number of carbonyl (C=O) groups excluding carboxylic acids is 2. The number of carbonyl (C=O) groups is 2. The molecule has 25 heavy (non-hydrogen) atoms. The van der Waals surface area contributed by atoms with Crippen LogP contribution in [0.15, 0.2) is 36.5 Å². The van der Waals surface area contributed by atoms with E-state index in [2.05, 4.69) is 27.1 Å². The first-order valence-corrected chi connectivity index (χ1v) is 8.21. The molecule has 0 aliphatic carbocycles. The highest BCUT2D eigenvalue weighted by molar-refractivity contribution is 6.00. The fraction of sp³-hybridized carbons (Fsp3) is 0.278. The van der Waals surface area contributed by atoms with Gasteiger partial charge in [0.05, 0.1) is 12.2 Å². The maximum Gasteiger partial charge on any atom is 0.239 e. The second-order valence-electron chi connectivity index (χ2n) is 6.18. The van der Waals surface area contributed by atoms with Crippen molar-refractivity contribution in [1.82, 2.24) is 19.7 Å². The lowest BCUT2D eigenvalue weighted by Gasteiger charge is -2.26. The van der Waals surface area contributed by atoms with E-state index in [0.29, 0.717) is 18.8 Å². The van der Waals surface area contributed by atoms with Crippen LogP contribution in [0.2, 0.25) is 0 Å². The Bertz CT molecular complexity index is 985. The fourth-order valence-electron chi connectivity index (χ4n) is 3.32. The molecular weight excluding hydrogens is 318 g/mol. The Morgan fingerprint density at radius 2 is 2.12 bits per heavy atom. The van der Waals surface area contributed by atoms with E-state index in [-0.39, 0.29) is 18.4 Å². The van der Waals surface area contributed by atoms with E-state index in [1.54, 1.807) is 11.7 Å². The standard InChI is InChI=1S/C18H19N5O2/c1-19-16(24)11-22-17-9-14(20-23(17)8-7-18(22)25)13-10-21(2)15-6-4-3-5-12(13)15/h3-6,9-10H,7-8,11H2,1-2H3,(H,19,24). The van der Waals surface area contributed by atoms with Crippen LogP contribution in [0.3, 0.4) is 0 Å². The van der Waals surface area contributed by atoms with Gasteiger partial charge in [0.2, 0.25) is 11.8 Å². The summed E-state index contributed by atoms with van der Waals surface area (Å²) in [4.78, 5) is 25.5. The van der Waals surface area contributed by atoms with Gasteiger partial charge in [0.25, 0.3) is 0 Å². The number of rotatable bonds is 3. The number of anilines is 1. The van der Waals surface area contributed by atoms with E-state index < -0.39 is 0 Å². The number of nitrogens with one attached hydrogen (secondary N) is 1. The molecular formula is C18H19N5O2. The molecule has 7 heteroatoms. The number of amides is 2. The van der Waals surface area contributed by atoms with Gasteiger partial charge < -0.3 is 9.88 Å². The van der Waals surface area contributed by atoms with Crippen LogP contribution in [0.4, 0.5) is 5.82 Å². The van der Waals surface area contributed by atoms with Crippen molar-refractivity contribution in [1.29, 1.82) is 0 Å². The lowest BCUT2D eigenvalue weighted by molar-refractivity contribution is -0.124. The van der Waals surface area contributed by atoms with Gasteiger partial charge in [-0.15, -0.1) is 0 Å². The monoisotopic (exact) mass is 337 g/mol. The van der Waals surface area contributed by atoms with Crippen molar-refractivity contribution in [2.75, 3.05) is 18.5 Å². The van der Waals surface area contributed by atoms with Crippen LogP contribution in [0.1, 0.15) is 6.42 Å². The zero-order valence-electron chi connectivity index (χ0n) is 14.2. The van der Waals surface area contributed by atoms with Gasteiger partial charge in [-0.1, -0.05) is 18.2 Å². The number of para-hydroxylation sites is 1. The average molecular weight is 337 g/mol. The van der Waals surface area contributed by atoms with Gasteiger partial charge in [-0.25, -0.2) is 4.68 Å². The predicted octanol–water partition coefficient (Wildman–Crippen LogP) is 1.52.